The lowest BCUT2D eigenvalue weighted by Crippen LogP contribution is -2.34. The Kier molecular flexibility index (Phi) is 7.44. The molecule has 5 rings (SSSR count). The molecule has 1 saturated heterocycles. The number of benzene rings is 2. The molecule has 1 N–H and O–H groups in total. The number of amides is 2. The maximum absolute atomic E-state index is 13.2. The van der Waals surface area contributed by atoms with Gasteiger partial charge in [-0.15, -0.1) is 11.3 Å². The first-order chi connectivity index (χ1) is 18.2. The van der Waals surface area contributed by atoms with Gasteiger partial charge in [-0.2, -0.15) is 0 Å². The monoisotopic (exact) mass is 528 g/mol. The number of hydrogen-bond donors (Lipinski definition) is 1. The largest absolute Gasteiger partial charge is 0.456 e. The second-order valence-corrected chi connectivity index (χ2v) is 11.1. The number of hydrogen-bond acceptors (Lipinski definition) is 6. The van der Waals surface area contributed by atoms with E-state index in [4.69, 9.17) is 4.74 Å². The summed E-state index contributed by atoms with van der Waals surface area (Å²) in [4.78, 5) is 34.9. The molecule has 1 unspecified atom stereocenters. The number of aromatic nitrogens is 1. The summed E-state index contributed by atoms with van der Waals surface area (Å²) in [5.74, 6) is 1.92. The molecule has 7 nitrogen and oxygen atoms in total. The van der Waals surface area contributed by atoms with Gasteiger partial charge in [0.1, 0.15) is 17.3 Å². The van der Waals surface area contributed by atoms with Gasteiger partial charge in [-0.3, -0.25) is 9.59 Å². The Morgan fingerprint density at radius 2 is 1.89 bits per heavy atom. The van der Waals surface area contributed by atoms with Gasteiger partial charge >= 0.3 is 0 Å². The van der Waals surface area contributed by atoms with Crippen LogP contribution in [-0.2, 0) is 11.2 Å². The molecule has 0 bridgehead atoms. The quantitative estimate of drug-likeness (QED) is 0.335. The zero-order valence-corrected chi connectivity index (χ0v) is 23.0. The summed E-state index contributed by atoms with van der Waals surface area (Å²) in [7, 11) is 4.12. The number of ether oxygens (including phenoxy) is 1. The van der Waals surface area contributed by atoms with Crippen molar-refractivity contribution in [2.75, 3.05) is 32.5 Å². The van der Waals surface area contributed by atoms with Crippen molar-refractivity contribution in [1.29, 1.82) is 0 Å². The van der Waals surface area contributed by atoms with E-state index in [1.807, 2.05) is 79.4 Å². The van der Waals surface area contributed by atoms with Crippen LogP contribution in [0.5, 0.6) is 11.5 Å². The molecule has 1 fully saturated rings. The molecule has 196 valence electrons. The van der Waals surface area contributed by atoms with Gasteiger partial charge in [0.25, 0.3) is 5.91 Å². The molecule has 2 amide bonds. The van der Waals surface area contributed by atoms with Crippen molar-refractivity contribution in [2.24, 2.45) is 0 Å². The highest BCUT2D eigenvalue weighted by molar-refractivity contribution is 7.21. The molecule has 8 heteroatoms. The van der Waals surface area contributed by atoms with E-state index < -0.39 is 0 Å². The van der Waals surface area contributed by atoms with Gasteiger partial charge in [0.05, 0.1) is 16.0 Å². The Labute approximate surface area is 227 Å². The Bertz CT molecular complexity index is 1460. The van der Waals surface area contributed by atoms with E-state index in [1.54, 1.807) is 0 Å². The number of carbonyl (C=O) groups is 2. The number of likely N-dealkylation sites (tertiary alicyclic amines) is 1. The lowest BCUT2D eigenvalue weighted by atomic mass is 10.1. The minimum Gasteiger partial charge on any atom is -0.456 e. The van der Waals surface area contributed by atoms with Crippen LogP contribution in [-0.4, -0.2) is 59.8 Å². The molecular weight excluding hydrogens is 496 g/mol. The van der Waals surface area contributed by atoms with Gasteiger partial charge in [0, 0.05) is 24.8 Å². The highest BCUT2D eigenvalue weighted by atomic mass is 32.1. The standard InChI is InChI=1S/C30H32N4O3S/c1-19-14-20(2)31-27(15-19)32-28(35)16-21-8-10-24(11-9-21)37-25-7-5-6-22-17-26(38-29(22)25)30(36)34-13-12-23(18-34)33(3)4/h5-11,14-15,17,23H,12-13,16,18H2,1-4H3,(H,31,32,35). The fourth-order valence-electron chi connectivity index (χ4n) is 4.81. The molecule has 1 aliphatic heterocycles. The fraction of sp³-hybridized carbons (Fsp3) is 0.300. The number of rotatable bonds is 7. The van der Waals surface area contributed by atoms with E-state index in [0.717, 1.165) is 51.3 Å². The lowest BCUT2D eigenvalue weighted by Gasteiger charge is -2.19. The molecule has 2 aromatic carbocycles. The smallest absolute Gasteiger partial charge is 0.264 e. The van der Waals surface area contributed by atoms with Crippen molar-refractivity contribution in [2.45, 2.75) is 32.7 Å². The van der Waals surface area contributed by atoms with Crippen LogP contribution in [0.3, 0.4) is 0 Å². The Balaban J connectivity index is 1.25. The summed E-state index contributed by atoms with van der Waals surface area (Å²) >= 11 is 1.47. The summed E-state index contributed by atoms with van der Waals surface area (Å²) in [5.41, 5.74) is 2.80. The average Bonchev–Trinajstić information content (AvgIpc) is 3.53. The first kappa shape index (κ1) is 25.9. The molecule has 2 aromatic heterocycles. The molecule has 3 heterocycles. The predicted molar refractivity (Wildman–Crippen MR) is 152 cm³/mol. The molecule has 38 heavy (non-hydrogen) atoms. The third kappa shape index (κ3) is 5.87. The topological polar surface area (TPSA) is 74.8 Å². The number of fused-ring (bicyclic) bond motifs is 1. The summed E-state index contributed by atoms with van der Waals surface area (Å²) in [5, 5.41) is 3.87. The van der Waals surface area contributed by atoms with Gasteiger partial charge < -0.3 is 19.9 Å². The Hall–Kier alpha value is -3.75. The predicted octanol–water partition coefficient (Wildman–Crippen LogP) is 5.66. The van der Waals surface area contributed by atoms with Crippen LogP contribution < -0.4 is 10.1 Å². The van der Waals surface area contributed by atoms with Crippen LogP contribution in [0.15, 0.2) is 60.7 Å². The zero-order chi connectivity index (χ0) is 26.8. The minimum absolute atomic E-state index is 0.0835. The molecule has 0 aliphatic carbocycles. The van der Waals surface area contributed by atoms with Crippen LogP contribution in [0.25, 0.3) is 10.1 Å². The Morgan fingerprint density at radius 3 is 2.61 bits per heavy atom. The molecule has 1 atom stereocenters. The van der Waals surface area contributed by atoms with Crippen molar-refractivity contribution >= 4 is 39.1 Å². The van der Waals surface area contributed by atoms with Crippen LogP contribution in [0.2, 0.25) is 0 Å². The second-order valence-electron chi connectivity index (χ2n) is 10.1. The summed E-state index contributed by atoms with van der Waals surface area (Å²) in [6, 6.07) is 19.6. The third-order valence-corrected chi connectivity index (χ3v) is 7.93. The number of aryl methyl sites for hydroxylation is 2. The molecule has 4 aromatic rings. The Morgan fingerprint density at radius 1 is 1.11 bits per heavy atom. The highest BCUT2D eigenvalue weighted by Crippen LogP contribution is 2.37. The van der Waals surface area contributed by atoms with Crippen molar-refractivity contribution in [3.8, 4) is 11.5 Å². The maximum Gasteiger partial charge on any atom is 0.264 e. The fourth-order valence-corrected chi connectivity index (χ4v) is 5.88. The number of nitrogens with zero attached hydrogens (tertiary/aromatic N) is 3. The van der Waals surface area contributed by atoms with Crippen molar-refractivity contribution < 1.29 is 14.3 Å². The van der Waals surface area contributed by atoms with Crippen molar-refractivity contribution in [3.05, 3.63) is 82.4 Å². The summed E-state index contributed by atoms with van der Waals surface area (Å²) in [6.07, 6.45) is 1.24. The van der Waals surface area contributed by atoms with E-state index in [1.165, 1.54) is 11.3 Å². The number of anilines is 1. The second kappa shape index (κ2) is 10.9. The van der Waals surface area contributed by atoms with Gasteiger partial charge in [-0.1, -0.05) is 24.3 Å². The van der Waals surface area contributed by atoms with Crippen molar-refractivity contribution in [1.82, 2.24) is 14.8 Å². The number of likely N-dealkylation sites (N-methyl/N-ethyl adjacent to an activating group) is 1. The van der Waals surface area contributed by atoms with Gasteiger partial charge in [-0.25, -0.2) is 4.98 Å². The van der Waals surface area contributed by atoms with Crippen molar-refractivity contribution in [3.63, 3.8) is 0 Å². The first-order valence-electron chi connectivity index (χ1n) is 12.8. The first-order valence-corrected chi connectivity index (χ1v) is 13.6. The normalized spacial score (nSPS) is 15.3. The summed E-state index contributed by atoms with van der Waals surface area (Å²) < 4.78 is 7.16. The number of nitrogens with one attached hydrogen (secondary N) is 1. The van der Waals surface area contributed by atoms with Crippen LogP contribution >= 0.6 is 11.3 Å². The van der Waals surface area contributed by atoms with Gasteiger partial charge in [0.2, 0.25) is 5.91 Å². The van der Waals surface area contributed by atoms with Crippen LogP contribution in [0.1, 0.15) is 32.9 Å². The average molecular weight is 529 g/mol. The SMILES string of the molecule is Cc1cc(C)nc(NC(=O)Cc2ccc(Oc3cccc4cc(C(=O)N5CCC(N(C)C)C5)sc34)cc2)c1. The molecule has 0 spiro atoms. The number of thiophene rings is 1. The van der Waals surface area contributed by atoms with E-state index in [9.17, 15) is 9.59 Å². The third-order valence-electron chi connectivity index (χ3n) is 6.78. The van der Waals surface area contributed by atoms with Crippen LogP contribution in [0.4, 0.5) is 5.82 Å². The van der Waals surface area contributed by atoms with Gasteiger partial charge in [-0.05, 0) is 87.3 Å². The minimum atomic E-state index is -0.119. The molecule has 0 radical (unpaired) electrons. The molecular formula is C30H32N4O3S. The van der Waals surface area contributed by atoms with Crippen LogP contribution in [0, 0.1) is 13.8 Å². The van der Waals surface area contributed by atoms with Gasteiger partial charge in [0.15, 0.2) is 0 Å². The number of pyridine rings is 1. The van der Waals surface area contributed by atoms with E-state index in [2.05, 4.69) is 29.3 Å². The molecule has 1 aliphatic rings. The summed E-state index contributed by atoms with van der Waals surface area (Å²) in [6.45, 7) is 5.43. The highest BCUT2D eigenvalue weighted by Gasteiger charge is 2.29. The molecule has 0 saturated carbocycles. The van der Waals surface area contributed by atoms with E-state index in [-0.39, 0.29) is 18.2 Å². The zero-order valence-electron chi connectivity index (χ0n) is 22.2. The maximum atomic E-state index is 13.2. The van der Waals surface area contributed by atoms with E-state index >= 15 is 0 Å². The lowest BCUT2D eigenvalue weighted by molar-refractivity contribution is -0.115. The number of carbonyl (C=O) groups excluding carboxylic acids is 2. The van der Waals surface area contributed by atoms with E-state index in [0.29, 0.717) is 23.4 Å².